The highest BCUT2D eigenvalue weighted by molar-refractivity contribution is 6.34. The first kappa shape index (κ1) is 20.0. The summed E-state index contributed by atoms with van der Waals surface area (Å²) in [6, 6.07) is 3.90. The maximum Gasteiger partial charge on any atom is 0.410 e. The number of hydrogen-bond donors (Lipinski definition) is 0. The molecule has 2 fully saturated rings. The standard InChI is InChI=1S/C21H26ClN3O4/c1-21(2,3)29-20(26)25-12-5-6-13(25)8-14(7-12)28-18-9-15-16(10-17(18)27-4)23-11-24-19(15)22/h9-14H,5-8H2,1-4H3/t12-,13+,14?. The van der Waals surface area contributed by atoms with Crippen molar-refractivity contribution in [3.8, 4) is 11.5 Å². The monoisotopic (exact) mass is 419 g/mol. The van der Waals surface area contributed by atoms with Crippen LogP contribution in [0.5, 0.6) is 11.5 Å². The zero-order valence-electron chi connectivity index (χ0n) is 17.1. The molecule has 0 radical (unpaired) electrons. The van der Waals surface area contributed by atoms with Gasteiger partial charge in [0.25, 0.3) is 0 Å². The lowest BCUT2D eigenvalue weighted by Gasteiger charge is -2.39. The van der Waals surface area contributed by atoms with Gasteiger partial charge >= 0.3 is 6.09 Å². The number of carbonyl (C=O) groups excluding carboxylic acids is 1. The second-order valence-corrected chi connectivity index (χ2v) is 9.03. The Morgan fingerprint density at radius 3 is 2.45 bits per heavy atom. The molecule has 2 bridgehead atoms. The zero-order chi connectivity index (χ0) is 20.8. The fraction of sp³-hybridized carbons (Fsp3) is 0.571. The van der Waals surface area contributed by atoms with E-state index in [1.165, 1.54) is 6.33 Å². The van der Waals surface area contributed by atoms with Crippen LogP contribution in [0, 0.1) is 0 Å². The summed E-state index contributed by atoms with van der Waals surface area (Å²) in [4.78, 5) is 22.8. The number of amides is 1. The molecule has 1 amide bonds. The Balaban J connectivity index is 1.52. The third-order valence-corrected chi connectivity index (χ3v) is 5.76. The molecule has 0 N–H and O–H groups in total. The molecule has 2 aliphatic rings. The smallest absolute Gasteiger partial charge is 0.410 e. The molecule has 156 valence electrons. The molecule has 0 aliphatic carbocycles. The molecule has 8 heteroatoms. The van der Waals surface area contributed by atoms with Gasteiger partial charge in [-0.3, -0.25) is 0 Å². The van der Waals surface area contributed by atoms with E-state index in [-0.39, 0.29) is 24.3 Å². The molecule has 1 unspecified atom stereocenters. The summed E-state index contributed by atoms with van der Waals surface area (Å²) in [5.41, 5.74) is 0.206. The predicted molar refractivity (Wildman–Crippen MR) is 110 cm³/mol. The lowest BCUT2D eigenvalue weighted by Crippen LogP contribution is -2.50. The minimum atomic E-state index is -0.496. The molecule has 4 rings (SSSR count). The molecule has 3 heterocycles. The highest BCUT2D eigenvalue weighted by Crippen LogP contribution is 2.41. The van der Waals surface area contributed by atoms with Crippen molar-refractivity contribution in [2.75, 3.05) is 7.11 Å². The van der Waals surface area contributed by atoms with Crippen LogP contribution in [0.25, 0.3) is 10.9 Å². The normalized spacial score (nSPS) is 23.9. The van der Waals surface area contributed by atoms with Crippen molar-refractivity contribution in [3.05, 3.63) is 23.6 Å². The molecule has 0 spiro atoms. The average Bonchev–Trinajstić information content (AvgIpc) is 2.92. The predicted octanol–water partition coefficient (Wildman–Crippen LogP) is 4.60. The van der Waals surface area contributed by atoms with Crippen LogP contribution in [0.4, 0.5) is 4.79 Å². The van der Waals surface area contributed by atoms with Gasteiger partial charge in [0.15, 0.2) is 11.5 Å². The second-order valence-electron chi connectivity index (χ2n) is 8.67. The molecule has 3 atom stereocenters. The largest absolute Gasteiger partial charge is 0.493 e. The van der Waals surface area contributed by atoms with E-state index in [0.29, 0.717) is 22.2 Å². The van der Waals surface area contributed by atoms with E-state index < -0.39 is 5.60 Å². The van der Waals surface area contributed by atoms with E-state index in [1.807, 2.05) is 37.8 Å². The minimum absolute atomic E-state index is 0.0130. The summed E-state index contributed by atoms with van der Waals surface area (Å²) in [5, 5.41) is 1.10. The van der Waals surface area contributed by atoms with E-state index >= 15 is 0 Å². The Hall–Kier alpha value is -2.28. The van der Waals surface area contributed by atoms with Gasteiger partial charge in [0.1, 0.15) is 23.2 Å². The van der Waals surface area contributed by atoms with Crippen LogP contribution in [0.15, 0.2) is 18.5 Å². The highest BCUT2D eigenvalue weighted by atomic mass is 35.5. The van der Waals surface area contributed by atoms with E-state index in [4.69, 9.17) is 25.8 Å². The number of aromatic nitrogens is 2. The lowest BCUT2D eigenvalue weighted by atomic mass is 10.00. The van der Waals surface area contributed by atoms with Crippen LogP contribution < -0.4 is 9.47 Å². The van der Waals surface area contributed by atoms with Crippen molar-refractivity contribution in [2.45, 2.75) is 70.2 Å². The fourth-order valence-corrected chi connectivity index (χ4v) is 4.49. The van der Waals surface area contributed by atoms with E-state index in [0.717, 1.165) is 31.1 Å². The van der Waals surface area contributed by atoms with Crippen molar-refractivity contribution in [3.63, 3.8) is 0 Å². The number of methoxy groups -OCH3 is 1. The molecule has 2 saturated heterocycles. The maximum atomic E-state index is 12.6. The van der Waals surface area contributed by atoms with Gasteiger partial charge in [-0.2, -0.15) is 0 Å². The van der Waals surface area contributed by atoms with Crippen molar-refractivity contribution >= 4 is 28.6 Å². The first-order valence-electron chi connectivity index (χ1n) is 9.91. The summed E-state index contributed by atoms with van der Waals surface area (Å²) in [5.74, 6) is 1.22. The second kappa shape index (κ2) is 7.52. The van der Waals surface area contributed by atoms with Gasteiger partial charge in [-0.1, -0.05) is 11.6 Å². The van der Waals surface area contributed by atoms with Crippen LogP contribution in [0.2, 0.25) is 5.15 Å². The maximum absolute atomic E-state index is 12.6. The van der Waals surface area contributed by atoms with Gasteiger partial charge in [-0.25, -0.2) is 14.8 Å². The molecular weight excluding hydrogens is 394 g/mol. The summed E-state index contributed by atoms with van der Waals surface area (Å²) in [6.45, 7) is 5.68. The van der Waals surface area contributed by atoms with Gasteiger partial charge in [-0.05, 0) is 39.7 Å². The molecule has 1 aromatic carbocycles. The Kier molecular flexibility index (Phi) is 5.19. The van der Waals surface area contributed by atoms with Gasteiger partial charge < -0.3 is 19.1 Å². The first-order valence-corrected chi connectivity index (χ1v) is 10.3. The van der Waals surface area contributed by atoms with Crippen LogP contribution in [-0.2, 0) is 4.74 Å². The number of nitrogens with zero attached hydrogens (tertiary/aromatic N) is 3. The number of benzene rings is 1. The van der Waals surface area contributed by atoms with Crippen molar-refractivity contribution in [1.29, 1.82) is 0 Å². The number of piperidine rings is 1. The van der Waals surface area contributed by atoms with E-state index in [2.05, 4.69) is 9.97 Å². The third-order valence-electron chi connectivity index (χ3n) is 5.46. The van der Waals surface area contributed by atoms with Crippen molar-refractivity contribution < 1.29 is 19.0 Å². The SMILES string of the molecule is COc1cc2ncnc(Cl)c2cc1OC1C[C@H]2CC[C@@H](C1)N2C(=O)OC(C)(C)C. The summed E-state index contributed by atoms with van der Waals surface area (Å²) in [7, 11) is 1.60. The number of ether oxygens (including phenoxy) is 3. The minimum Gasteiger partial charge on any atom is -0.493 e. The fourth-order valence-electron chi connectivity index (χ4n) is 4.30. The average molecular weight is 420 g/mol. The number of fused-ring (bicyclic) bond motifs is 3. The van der Waals surface area contributed by atoms with Crippen LogP contribution >= 0.6 is 11.6 Å². The van der Waals surface area contributed by atoms with Crippen LogP contribution in [0.1, 0.15) is 46.5 Å². The van der Waals surface area contributed by atoms with Gasteiger partial charge in [0.05, 0.1) is 12.6 Å². The number of carbonyl (C=O) groups is 1. The van der Waals surface area contributed by atoms with E-state index in [1.54, 1.807) is 7.11 Å². The lowest BCUT2D eigenvalue weighted by molar-refractivity contribution is -0.00734. The Morgan fingerprint density at radius 1 is 1.14 bits per heavy atom. The summed E-state index contributed by atoms with van der Waals surface area (Å²) < 4.78 is 17.4. The number of rotatable bonds is 3. The molecule has 0 saturated carbocycles. The van der Waals surface area contributed by atoms with Crippen LogP contribution in [-0.4, -0.2) is 51.9 Å². The molecule has 2 aromatic rings. The number of halogens is 1. The van der Waals surface area contributed by atoms with Crippen molar-refractivity contribution in [1.82, 2.24) is 14.9 Å². The molecular formula is C21H26ClN3O4. The van der Waals surface area contributed by atoms with Gasteiger partial charge in [0, 0.05) is 36.4 Å². The van der Waals surface area contributed by atoms with Gasteiger partial charge in [0.2, 0.25) is 0 Å². The van der Waals surface area contributed by atoms with E-state index in [9.17, 15) is 4.79 Å². The zero-order valence-corrected chi connectivity index (χ0v) is 17.9. The number of hydrogen-bond acceptors (Lipinski definition) is 6. The first-order chi connectivity index (χ1) is 13.7. The topological polar surface area (TPSA) is 73.8 Å². The highest BCUT2D eigenvalue weighted by Gasteiger charge is 2.45. The molecule has 7 nitrogen and oxygen atoms in total. The quantitative estimate of drug-likeness (QED) is 0.677. The Labute approximate surface area is 175 Å². The van der Waals surface area contributed by atoms with Crippen molar-refractivity contribution in [2.24, 2.45) is 0 Å². The summed E-state index contributed by atoms with van der Waals surface area (Å²) >= 11 is 6.22. The van der Waals surface area contributed by atoms with Crippen LogP contribution in [0.3, 0.4) is 0 Å². The molecule has 29 heavy (non-hydrogen) atoms. The molecule has 2 aliphatic heterocycles. The molecule has 1 aromatic heterocycles. The third kappa shape index (κ3) is 4.06. The summed E-state index contributed by atoms with van der Waals surface area (Å²) in [6.07, 6.45) is 4.65. The van der Waals surface area contributed by atoms with Gasteiger partial charge in [-0.15, -0.1) is 0 Å². The Bertz CT molecular complexity index is 916. The Morgan fingerprint density at radius 2 is 1.83 bits per heavy atom.